The molecule has 8 heteroatoms. The number of nitrogens with one attached hydrogen (secondary N) is 1. The van der Waals surface area contributed by atoms with Crippen molar-refractivity contribution < 1.29 is 17.9 Å². The van der Waals surface area contributed by atoms with Crippen LogP contribution in [-0.2, 0) is 14.8 Å². The molecular weight excluding hydrogens is 342 g/mol. The van der Waals surface area contributed by atoms with Crippen molar-refractivity contribution in [1.82, 2.24) is 9.62 Å². The lowest BCUT2D eigenvalue weighted by atomic mass is 10.1. The predicted octanol–water partition coefficient (Wildman–Crippen LogP) is 1.01. The van der Waals surface area contributed by atoms with E-state index in [1.807, 2.05) is 0 Å². The number of benzene rings is 1. The third-order valence-corrected chi connectivity index (χ3v) is 6.56. The molecule has 1 unspecified atom stereocenters. The maximum absolute atomic E-state index is 13.1. The molecule has 0 spiro atoms. The Morgan fingerprint density at radius 1 is 1.40 bits per heavy atom. The molecule has 0 radical (unpaired) electrons. The summed E-state index contributed by atoms with van der Waals surface area (Å²) in [6.45, 7) is 2.82. The van der Waals surface area contributed by atoms with Crippen molar-refractivity contribution >= 4 is 15.9 Å². The number of hydrogen-bond acceptors (Lipinski definition) is 5. The van der Waals surface area contributed by atoms with Crippen LogP contribution in [0.3, 0.4) is 0 Å². The van der Waals surface area contributed by atoms with Crippen LogP contribution in [0.15, 0.2) is 23.1 Å². The normalized spacial score (nSPS) is 18.8. The molecule has 3 N–H and O–H groups in total. The van der Waals surface area contributed by atoms with Gasteiger partial charge in [0.25, 0.3) is 0 Å². The van der Waals surface area contributed by atoms with Crippen LogP contribution < -0.4 is 15.8 Å². The van der Waals surface area contributed by atoms with Crippen LogP contribution in [0.1, 0.15) is 31.2 Å². The van der Waals surface area contributed by atoms with Crippen molar-refractivity contribution in [3.63, 3.8) is 0 Å². The third-order valence-electron chi connectivity index (χ3n) is 4.45. The lowest BCUT2D eigenvalue weighted by molar-refractivity contribution is -0.121. The van der Waals surface area contributed by atoms with Gasteiger partial charge < -0.3 is 15.8 Å². The summed E-state index contributed by atoms with van der Waals surface area (Å²) in [6, 6.07) is 4.72. The van der Waals surface area contributed by atoms with Gasteiger partial charge in [0.15, 0.2) is 0 Å². The van der Waals surface area contributed by atoms with Crippen LogP contribution >= 0.6 is 0 Å². The molecule has 0 aliphatic carbocycles. The minimum absolute atomic E-state index is 0.147. The summed E-state index contributed by atoms with van der Waals surface area (Å²) in [5.41, 5.74) is 6.02. The molecule has 0 saturated carbocycles. The Bertz CT molecular complexity index is 706. The van der Waals surface area contributed by atoms with Crippen LogP contribution in [0.4, 0.5) is 0 Å². The summed E-state index contributed by atoms with van der Waals surface area (Å²) in [4.78, 5) is 11.9. The quantitative estimate of drug-likeness (QED) is 0.747. The summed E-state index contributed by atoms with van der Waals surface area (Å²) >= 11 is 0. The molecule has 0 aromatic heterocycles. The summed E-state index contributed by atoms with van der Waals surface area (Å²) in [7, 11) is -2.08. The van der Waals surface area contributed by atoms with Gasteiger partial charge in [-0.15, -0.1) is 0 Å². The number of rotatable bonds is 7. The second kappa shape index (κ2) is 8.64. The minimum Gasteiger partial charge on any atom is -0.497 e. The van der Waals surface area contributed by atoms with Gasteiger partial charge in [-0.25, -0.2) is 8.42 Å². The number of hydrogen-bond donors (Lipinski definition) is 2. The SMILES string of the molecule is COc1ccc(S(=O)(=O)N2CCCCC2CNC(=O)CCN)c(C)c1. The summed E-state index contributed by atoms with van der Waals surface area (Å²) in [5, 5.41) is 2.79. The first-order chi connectivity index (χ1) is 11.9. The molecule has 25 heavy (non-hydrogen) atoms. The van der Waals surface area contributed by atoms with Crippen LogP contribution in [0.5, 0.6) is 5.75 Å². The molecule has 1 aromatic carbocycles. The number of ether oxygens (including phenoxy) is 1. The first-order valence-corrected chi connectivity index (χ1v) is 9.97. The summed E-state index contributed by atoms with van der Waals surface area (Å²) in [6.07, 6.45) is 2.75. The van der Waals surface area contributed by atoms with Crippen molar-refractivity contribution in [2.24, 2.45) is 5.73 Å². The topological polar surface area (TPSA) is 102 Å². The van der Waals surface area contributed by atoms with Gasteiger partial charge in [0.1, 0.15) is 5.75 Å². The van der Waals surface area contributed by atoms with E-state index in [4.69, 9.17) is 10.5 Å². The fourth-order valence-corrected chi connectivity index (χ4v) is 5.01. The fraction of sp³-hybridized carbons (Fsp3) is 0.588. The highest BCUT2D eigenvalue weighted by atomic mass is 32.2. The molecule has 1 aromatic rings. The highest BCUT2D eigenvalue weighted by Crippen LogP contribution is 2.28. The number of piperidine rings is 1. The Kier molecular flexibility index (Phi) is 6.80. The van der Waals surface area contributed by atoms with E-state index in [1.165, 1.54) is 4.31 Å². The molecule has 1 fully saturated rings. The number of nitrogens with zero attached hydrogens (tertiary/aromatic N) is 1. The van der Waals surface area contributed by atoms with Crippen LogP contribution in [0.25, 0.3) is 0 Å². The van der Waals surface area contributed by atoms with Crippen LogP contribution in [-0.4, -0.2) is 51.4 Å². The molecule has 1 heterocycles. The van der Waals surface area contributed by atoms with Crippen LogP contribution in [0, 0.1) is 6.92 Å². The number of carbonyl (C=O) groups excluding carboxylic acids is 1. The number of aryl methyl sites for hydroxylation is 1. The van der Waals surface area contributed by atoms with Crippen molar-refractivity contribution in [2.45, 2.75) is 43.5 Å². The third kappa shape index (κ3) is 4.71. The van der Waals surface area contributed by atoms with Gasteiger partial charge in [-0.2, -0.15) is 4.31 Å². The molecule has 140 valence electrons. The van der Waals surface area contributed by atoms with E-state index in [0.717, 1.165) is 19.3 Å². The number of amides is 1. The zero-order valence-corrected chi connectivity index (χ0v) is 15.6. The van der Waals surface area contributed by atoms with Gasteiger partial charge in [-0.1, -0.05) is 6.42 Å². The van der Waals surface area contributed by atoms with E-state index >= 15 is 0 Å². The molecule has 0 bridgehead atoms. The molecule has 1 saturated heterocycles. The van der Waals surface area contributed by atoms with Gasteiger partial charge >= 0.3 is 0 Å². The molecule has 1 atom stereocenters. The lowest BCUT2D eigenvalue weighted by Crippen LogP contribution is -2.49. The molecule has 1 aliphatic rings. The van der Waals surface area contributed by atoms with Crippen molar-refractivity contribution in [2.75, 3.05) is 26.7 Å². The van der Waals surface area contributed by atoms with E-state index in [2.05, 4.69) is 5.32 Å². The highest BCUT2D eigenvalue weighted by Gasteiger charge is 2.34. The zero-order chi connectivity index (χ0) is 18.4. The summed E-state index contributed by atoms with van der Waals surface area (Å²) in [5.74, 6) is 0.478. The largest absolute Gasteiger partial charge is 0.497 e. The lowest BCUT2D eigenvalue weighted by Gasteiger charge is -2.35. The number of sulfonamides is 1. The number of carbonyl (C=O) groups is 1. The zero-order valence-electron chi connectivity index (χ0n) is 14.8. The Morgan fingerprint density at radius 3 is 2.80 bits per heavy atom. The Morgan fingerprint density at radius 2 is 2.16 bits per heavy atom. The smallest absolute Gasteiger partial charge is 0.243 e. The van der Waals surface area contributed by atoms with E-state index < -0.39 is 10.0 Å². The standard InChI is InChI=1S/C17H27N3O4S/c1-13-11-15(24-2)6-7-16(13)25(22,23)20-10-4-3-5-14(20)12-19-17(21)8-9-18/h6-7,11,14H,3-5,8-10,12,18H2,1-2H3,(H,19,21). The van der Waals surface area contributed by atoms with E-state index in [1.54, 1.807) is 32.2 Å². The average molecular weight is 369 g/mol. The van der Waals surface area contributed by atoms with E-state index in [-0.39, 0.29) is 29.8 Å². The number of nitrogens with two attached hydrogens (primary N) is 1. The fourth-order valence-electron chi connectivity index (χ4n) is 3.11. The molecule has 1 amide bonds. The van der Waals surface area contributed by atoms with Gasteiger partial charge in [0.2, 0.25) is 15.9 Å². The van der Waals surface area contributed by atoms with Gasteiger partial charge in [-0.05, 0) is 43.5 Å². The molecule has 1 aliphatic heterocycles. The minimum atomic E-state index is -3.63. The number of methoxy groups -OCH3 is 1. The molecule has 2 rings (SSSR count). The maximum Gasteiger partial charge on any atom is 0.243 e. The average Bonchev–Trinajstić information content (AvgIpc) is 2.60. The Hall–Kier alpha value is -1.64. The molecular formula is C17H27N3O4S. The van der Waals surface area contributed by atoms with E-state index in [9.17, 15) is 13.2 Å². The van der Waals surface area contributed by atoms with Gasteiger partial charge in [0, 0.05) is 32.1 Å². The van der Waals surface area contributed by atoms with Gasteiger partial charge in [-0.3, -0.25) is 4.79 Å². The van der Waals surface area contributed by atoms with E-state index in [0.29, 0.717) is 24.4 Å². The first kappa shape index (κ1) is 19.7. The Labute approximate surface area is 149 Å². The highest BCUT2D eigenvalue weighted by molar-refractivity contribution is 7.89. The first-order valence-electron chi connectivity index (χ1n) is 8.53. The summed E-state index contributed by atoms with van der Waals surface area (Å²) < 4.78 is 33.0. The van der Waals surface area contributed by atoms with Crippen molar-refractivity contribution in [3.8, 4) is 5.75 Å². The second-order valence-electron chi connectivity index (χ2n) is 6.24. The van der Waals surface area contributed by atoms with Crippen molar-refractivity contribution in [3.05, 3.63) is 23.8 Å². The maximum atomic E-state index is 13.1. The van der Waals surface area contributed by atoms with Crippen molar-refractivity contribution in [1.29, 1.82) is 0 Å². The molecule has 7 nitrogen and oxygen atoms in total. The second-order valence-corrected chi connectivity index (χ2v) is 8.10. The predicted molar refractivity (Wildman–Crippen MR) is 95.9 cm³/mol. The van der Waals surface area contributed by atoms with Crippen LogP contribution in [0.2, 0.25) is 0 Å². The van der Waals surface area contributed by atoms with Gasteiger partial charge in [0.05, 0.1) is 12.0 Å². The monoisotopic (exact) mass is 369 g/mol. The Balaban J connectivity index is 2.21.